The predicted molar refractivity (Wildman–Crippen MR) is 59.3 cm³/mol. The van der Waals surface area contributed by atoms with Crippen molar-refractivity contribution in [2.24, 2.45) is 0 Å². The van der Waals surface area contributed by atoms with E-state index in [9.17, 15) is 4.79 Å². The van der Waals surface area contributed by atoms with Gasteiger partial charge >= 0.3 is 0 Å². The second-order valence-electron chi connectivity index (χ2n) is 3.81. The van der Waals surface area contributed by atoms with Crippen LogP contribution in [-0.4, -0.2) is 64.0 Å². The predicted octanol–water partition coefficient (Wildman–Crippen LogP) is 0.287. The van der Waals surface area contributed by atoms with Crippen LogP contribution in [0.15, 0.2) is 0 Å². The van der Waals surface area contributed by atoms with Crippen LogP contribution in [0, 0.1) is 0 Å². The van der Waals surface area contributed by atoms with Crippen LogP contribution in [0.4, 0.5) is 0 Å². The molecule has 0 spiro atoms. The van der Waals surface area contributed by atoms with Crippen molar-refractivity contribution >= 4 is 5.91 Å². The van der Waals surface area contributed by atoms with Crippen LogP contribution in [0.3, 0.4) is 0 Å². The summed E-state index contributed by atoms with van der Waals surface area (Å²) in [6, 6.07) is 0. The molecule has 16 heavy (non-hydrogen) atoms. The van der Waals surface area contributed by atoms with Gasteiger partial charge in [0.05, 0.1) is 13.2 Å². The molecule has 1 amide bonds. The smallest absolute Gasteiger partial charge is 0.251 e. The van der Waals surface area contributed by atoms with Crippen LogP contribution in [-0.2, 0) is 19.0 Å². The SMILES string of the molecule is COCCN(CCOC)C(=O)C1CCCO1. The maximum absolute atomic E-state index is 12.0. The molecule has 0 radical (unpaired) electrons. The standard InChI is InChI=1S/C11H21NO4/c1-14-8-5-12(6-9-15-2)11(13)10-4-3-7-16-10/h10H,3-9H2,1-2H3. The van der Waals surface area contributed by atoms with E-state index in [1.807, 2.05) is 0 Å². The summed E-state index contributed by atoms with van der Waals surface area (Å²) < 4.78 is 15.4. The summed E-state index contributed by atoms with van der Waals surface area (Å²) in [6.07, 6.45) is 1.54. The summed E-state index contributed by atoms with van der Waals surface area (Å²) in [7, 11) is 3.26. The lowest BCUT2D eigenvalue weighted by Crippen LogP contribution is -2.42. The number of rotatable bonds is 7. The topological polar surface area (TPSA) is 48.0 Å². The lowest BCUT2D eigenvalue weighted by molar-refractivity contribution is -0.142. The van der Waals surface area contributed by atoms with Crippen LogP contribution in [0.5, 0.6) is 0 Å². The molecule has 0 saturated carbocycles. The van der Waals surface area contributed by atoms with Crippen molar-refractivity contribution in [1.29, 1.82) is 0 Å². The average molecular weight is 231 g/mol. The van der Waals surface area contributed by atoms with E-state index in [0.29, 0.717) is 32.9 Å². The molecule has 1 heterocycles. The zero-order chi connectivity index (χ0) is 11.8. The third-order valence-electron chi connectivity index (χ3n) is 2.65. The van der Waals surface area contributed by atoms with Gasteiger partial charge in [0.25, 0.3) is 5.91 Å². The first-order chi connectivity index (χ1) is 7.79. The molecule has 1 unspecified atom stereocenters. The average Bonchev–Trinajstić information content (AvgIpc) is 2.82. The first-order valence-corrected chi connectivity index (χ1v) is 5.68. The number of hydrogen-bond acceptors (Lipinski definition) is 4. The maximum atomic E-state index is 12.0. The lowest BCUT2D eigenvalue weighted by atomic mass is 10.2. The fourth-order valence-electron chi connectivity index (χ4n) is 1.71. The Morgan fingerprint density at radius 2 is 1.94 bits per heavy atom. The van der Waals surface area contributed by atoms with Crippen LogP contribution in [0.1, 0.15) is 12.8 Å². The molecular weight excluding hydrogens is 210 g/mol. The number of amides is 1. The summed E-state index contributed by atoms with van der Waals surface area (Å²) in [5.74, 6) is 0.0617. The molecule has 1 rings (SSSR count). The van der Waals surface area contributed by atoms with Crippen molar-refractivity contribution in [3.63, 3.8) is 0 Å². The van der Waals surface area contributed by atoms with Gasteiger partial charge in [0.1, 0.15) is 6.10 Å². The van der Waals surface area contributed by atoms with Crippen molar-refractivity contribution in [3.05, 3.63) is 0 Å². The van der Waals surface area contributed by atoms with E-state index in [1.54, 1.807) is 19.1 Å². The molecular formula is C11H21NO4. The molecule has 5 heteroatoms. The molecule has 5 nitrogen and oxygen atoms in total. The van der Waals surface area contributed by atoms with Gasteiger partial charge in [-0.05, 0) is 12.8 Å². The van der Waals surface area contributed by atoms with Gasteiger partial charge in [-0.15, -0.1) is 0 Å². The largest absolute Gasteiger partial charge is 0.383 e. The van der Waals surface area contributed by atoms with Gasteiger partial charge < -0.3 is 19.1 Å². The summed E-state index contributed by atoms with van der Waals surface area (Å²) in [5.41, 5.74) is 0. The van der Waals surface area contributed by atoms with E-state index >= 15 is 0 Å². The normalized spacial score (nSPS) is 20.0. The van der Waals surface area contributed by atoms with E-state index < -0.39 is 0 Å². The zero-order valence-corrected chi connectivity index (χ0v) is 10.1. The van der Waals surface area contributed by atoms with Gasteiger partial charge in [0.2, 0.25) is 0 Å². The summed E-state index contributed by atoms with van der Waals surface area (Å²) in [6.45, 7) is 2.97. The molecule has 1 atom stereocenters. The van der Waals surface area contributed by atoms with Crippen molar-refractivity contribution in [1.82, 2.24) is 4.90 Å². The van der Waals surface area contributed by atoms with Crippen molar-refractivity contribution in [3.8, 4) is 0 Å². The monoisotopic (exact) mass is 231 g/mol. The molecule has 0 aromatic heterocycles. The van der Waals surface area contributed by atoms with Crippen LogP contribution in [0.25, 0.3) is 0 Å². The van der Waals surface area contributed by atoms with Gasteiger partial charge in [-0.3, -0.25) is 4.79 Å². The highest BCUT2D eigenvalue weighted by molar-refractivity contribution is 5.81. The fourth-order valence-corrected chi connectivity index (χ4v) is 1.71. The molecule has 1 fully saturated rings. The van der Waals surface area contributed by atoms with Crippen LogP contribution >= 0.6 is 0 Å². The van der Waals surface area contributed by atoms with Crippen molar-refractivity contribution < 1.29 is 19.0 Å². The molecule has 0 aromatic carbocycles. The van der Waals surface area contributed by atoms with Gasteiger partial charge in [-0.1, -0.05) is 0 Å². The van der Waals surface area contributed by atoms with E-state index in [1.165, 1.54) is 0 Å². The molecule has 0 aromatic rings. The number of methoxy groups -OCH3 is 2. The maximum Gasteiger partial charge on any atom is 0.251 e. The molecule has 0 aliphatic carbocycles. The minimum atomic E-state index is -0.256. The third kappa shape index (κ3) is 4.08. The summed E-state index contributed by atoms with van der Waals surface area (Å²) in [4.78, 5) is 13.8. The van der Waals surface area contributed by atoms with Gasteiger partial charge in [0, 0.05) is 33.9 Å². The fraction of sp³-hybridized carbons (Fsp3) is 0.909. The molecule has 94 valence electrons. The molecule has 1 aliphatic rings. The highest BCUT2D eigenvalue weighted by atomic mass is 16.5. The quantitative estimate of drug-likeness (QED) is 0.632. The van der Waals surface area contributed by atoms with Crippen LogP contribution in [0.2, 0.25) is 0 Å². The summed E-state index contributed by atoms with van der Waals surface area (Å²) in [5, 5.41) is 0. The second kappa shape index (κ2) is 7.60. The first kappa shape index (κ1) is 13.4. The highest BCUT2D eigenvalue weighted by Crippen LogP contribution is 2.14. The Hall–Kier alpha value is -0.650. The third-order valence-corrected chi connectivity index (χ3v) is 2.65. The Balaban J connectivity index is 2.41. The van der Waals surface area contributed by atoms with E-state index in [-0.39, 0.29) is 12.0 Å². The number of hydrogen-bond donors (Lipinski definition) is 0. The minimum absolute atomic E-state index is 0.0617. The van der Waals surface area contributed by atoms with E-state index in [4.69, 9.17) is 14.2 Å². The lowest BCUT2D eigenvalue weighted by Gasteiger charge is -2.24. The second-order valence-corrected chi connectivity index (χ2v) is 3.81. The Morgan fingerprint density at radius 3 is 2.38 bits per heavy atom. The first-order valence-electron chi connectivity index (χ1n) is 5.68. The Morgan fingerprint density at radius 1 is 1.31 bits per heavy atom. The van der Waals surface area contributed by atoms with Crippen molar-refractivity contribution in [2.75, 3.05) is 47.1 Å². The number of ether oxygens (including phenoxy) is 3. The van der Waals surface area contributed by atoms with Crippen molar-refractivity contribution in [2.45, 2.75) is 18.9 Å². The zero-order valence-electron chi connectivity index (χ0n) is 10.1. The number of nitrogens with zero attached hydrogens (tertiary/aromatic N) is 1. The van der Waals surface area contributed by atoms with E-state index in [0.717, 1.165) is 12.8 Å². The van der Waals surface area contributed by atoms with Gasteiger partial charge in [0.15, 0.2) is 0 Å². The van der Waals surface area contributed by atoms with Gasteiger partial charge in [-0.25, -0.2) is 0 Å². The number of carbonyl (C=O) groups is 1. The minimum Gasteiger partial charge on any atom is -0.383 e. The molecule has 0 bridgehead atoms. The Kier molecular flexibility index (Phi) is 6.37. The number of carbonyl (C=O) groups excluding carboxylic acids is 1. The molecule has 1 saturated heterocycles. The van der Waals surface area contributed by atoms with Crippen LogP contribution < -0.4 is 0 Å². The van der Waals surface area contributed by atoms with E-state index in [2.05, 4.69) is 0 Å². The Labute approximate surface area is 96.6 Å². The molecule has 0 N–H and O–H groups in total. The Bertz CT molecular complexity index is 196. The highest BCUT2D eigenvalue weighted by Gasteiger charge is 2.27. The molecule has 1 aliphatic heterocycles. The van der Waals surface area contributed by atoms with Gasteiger partial charge in [-0.2, -0.15) is 0 Å². The summed E-state index contributed by atoms with van der Waals surface area (Å²) >= 11 is 0.